The first-order valence-corrected chi connectivity index (χ1v) is 24.2. The fourth-order valence-electron chi connectivity index (χ4n) is 8.11. The van der Waals surface area contributed by atoms with Crippen LogP contribution in [0.2, 0.25) is 0 Å². The van der Waals surface area contributed by atoms with E-state index in [-0.39, 0.29) is 59.9 Å². The van der Waals surface area contributed by atoms with E-state index in [0.29, 0.717) is 30.5 Å². The van der Waals surface area contributed by atoms with Crippen molar-refractivity contribution in [1.82, 2.24) is 26.2 Å². The van der Waals surface area contributed by atoms with E-state index < -0.39 is 65.9 Å². The molecule has 4 atom stereocenters. The highest BCUT2D eigenvalue weighted by molar-refractivity contribution is 5.97. The number of benzene rings is 4. The molecule has 20 heteroatoms. The second-order valence-corrected chi connectivity index (χ2v) is 17.9. The van der Waals surface area contributed by atoms with Gasteiger partial charge in [0, 0.05) is 43.1 Å². The largest absolute Gasteiger partial charge is 0.542 e. The van der Waals surface area contributed by atoms with Gasteiger partial charge in [0.25, 0.3) is 5.91 Å². The minimum Gasteiger partial charge on any atom is -0.542 e. The summed E-state index contributed by atoms with van der Waals surface area (Å²) < 4.78 is 31.5. The standard InChI is InChI=1S/C51H64N6O9.C2HF3O2/c1-4-5-6-7-8-9-12-33-14-17-35(18-15-33)36-19-21-37(22-20-36)48(62)53-28-26-45(60)55-41(13-10-11-27-52)50(64)57(3)46-38-23-25-44(59)40(31-38)39-29-34(16-24-43(39)58)30-42(51(65)66)56-47(61)32(2)54-49(46)63;3-2(4,5)1(6)7/h14-25,29,31-32,41-42,46,58-59H,4-13,26-28,30,52H2,1-3H3,(H,53,62)(H,54,63)(H,55,60)(H,56,61)(H,65,66);(H,6,7)/t32-,41-,42-,46-;/m0./s1. The third-order valence-electron chi connectivity index (χ3n) is 12.2. The number of nitrogens with zero attached hydrogens (tertiary/aromatic N) is 1. The monoisotopic (exact) mass is 1020 g/mol. The van der Waals surface area contributed by atoms with Gasteiger partial charge in [-0.25, -0.2) is 4.79 Å². The molecule has 0 unspecified atom stereocenters. The molecule has 0 saturated carbocycles. The van der Waals surface area contributed by atoms with Gasteiger partial charge in [0.1, 0.15) is 41.6 Å². The number of likely N-dealkylation sites (N-methyl/N-ethyl adjacent to an activating group) is 1. The number of halogens is 3. The van der Waals surface area contributed by atoms with Gasteiger partial charge >= 0.3 is 12.1 Å². The Kier molecular flexibility index (Phi) is 22.2. The maximum atomic E-state index is 14.4. The van der Waals surface area contributed by atoms with E-state index in [1.54, 1.807) is 12.1 Å². The molecule has 1 heterocycles. The molecule has 0 radical (unpaired) electrons. The van der Waals surface area contributed by atoms with E-state index in [4.69, 9.17) is 9.90 Å². The molecule has 0 spiro atoms. The molecule has 4 aromatic rings. The van der Waals surface area contributed by atoms with Crippen molar-refractivity contribution in [3.63, 3.8) is 0 Å². The van der Waals surface area contributed by atoms with Crippen molar-refractivity contribution in [3.8, 4) is 33.8 Å². The number of aromatic hydroxyl groups is 2. The molecular weight excluding hydrogens is 954 g/mol. The Hall–Kier alpha value is -7.48. The maximum absolute atomic E-state index is 14.4. The number of hydrogen-bond donors (Lipinski definition) is 8. The lowest BCUT2D eigenvalue weighted by Crippen LogP contribution is -2.55. The van der Waals surface area contributed by atoms with Crippen LogP contribution in [0.3, 0.4) is 0 Å². The molecule has 4 aromatic carbocycles. The summed E-state index contributed by atoms with van der Waals surface area (Å²) in [6.45, 7) is 4.17. The number of rotatable bonds is 20. The van der Waals surface area contributed by atoms with Gasteiger partial charge < -0.3 is 57.1 Å². The quantitative estimate of drug-likeness (QED) is 0.0572. The summed E-state index contributed by atoms with van der Waals surface area (Å²) in [6, 6.07) is 19.1. The highest BCUT2D eigenvalue weighted by Crippen LogP contribution is 2.39. The van der Waals surface area contributed by atoms with Gasteiger partial charge in [-0.3, -0.25) is 24.0 Å². The van der Waals surface area contributed by atoms with Crippen molar-refractivity contribution in [2.75, 3.05) is 20.1 Å². The number of aliphatic carboxylic acids is 2. The van der Waals surface area contributed by atoms with E-state index in [0.717, 1.165) is 22.4 Å². The molecule has 394 valence electrons. The average Bonchev–Trinajstić information content (AvgIpc) is 3.35. The predicted molar refractivity (Wildman–Crippen MR) is 262 cm³/mol. The summed E-state index contributed by atoms with van der Waals surface area (Å²) in [5.74, 6) is -7.93. The zero-order chi connectivity index (χ0) is 53.8. The Morgan fingerprint density at radius 1 is 0.808 bits per heavy atom. The molecule has 73 heavy (non-hydrogen) atoms. The Morgan fingerprint density at radius 2 is 1.40 bits per heavy atom. The van der Waals surface area contributed by atoms with Crippen molar-refractivity contribution < 1.29 is 72.9 Å². The smallest absolute Gasteiger partial charge is 0.430 e. The molecule has 1 aliphatic rings. The number of fused-ring (bicyclic) bond motifs is 5. The van der Waals surface area contributed by atoms with Gasteiger partial charge in [-0.05, 0) is 103 Å². The number of quaternary nitrogens is 1. The number of phenolic OH excluding ortho intramolecular Hbond substituents is 2. The van der Waals surface area contributed by atoms with E-state index in [9.17, 15) is 57.3 Å². The van der Waals surface area contributed by atoms with Crippen LogP contribution in [0.4, 0.5) is 13.2 Å². The Labute approximate surface area is 421 Å². The zero-order valence-electron chi connectivity index (χ0n) is 41.2. The number of nitrogens with one attached hydrogen (secondary N) is 4. The molecule has 0 aromatic heterocycles. The van der Waals surface area contributed by atoms with Gasteiger partial charge in [-0.15, -0.1) is 0 Å². The Bertz CT molecular complexity index is 2540. The molecule has 5 rings (SSSR count). The van der Waals surface area contributed by atoms with Crippen LogP contribution in [0, 0.1) is 0 Å². The second kappa shape index (κ2) is 27.9. The molecule has 0 saturated heterocycles. The van der Waals surface area contributed by atoms with E-state index in [1.807, 2.05) is 12.1 Å². The fourth-order valence-corrected chi connectivity index (χ4v) is 8.11. The van der Waals surface area contributed by atoms with Gasteiger partial charge in [-0.2, -0.15) is 13.2 Å². The van der Waals surface area contributed by atoms with Crippen molar-refractivity contribution in [1.29, 1.82) is 0 Å². The highest BCUT2D eigenvalue weighted by Gasteiger charge is 2.36. The van der Waals surface area contributed by atoms with Crippen molar-refractivity contribution >= 4 is 41.5 Å². The van der Waals surface area contributed by atoms with Gasteiger partial charge in [0.2, 0.25) is 23.6 Å². The molecule has 5 amide bonds. The minimum atomic E-state index is -5.19. The normalized spacial score (nSPS) is 16.0. The average molecular weight is 1020 g/mol. The van der Waals surface area contributed by atoms with E-state index >= 15 is 0 Å². The molecule has 0 aliphatic carbocycles. The molecule has 0 fully saturated rings. The van der Waals surface area contributed by atoms with Crippen LogP contribution in [0.15, 0.2) is 84.9 Å². The zero-order valence-corrected chi connectivity index (χ0v) is 41.2. The number of carboxylic acids is 2. The van der Waals surface area contributed by atoms with Crippen LogP contribution in [-0.4, -0.2) is 106 Å². The fraction of sp³-hybridized carbons (Fsp3) is 0.415. The van der Waals surface area contributed by atoms with Crippen molar-refractivity contribution in [3.05, 3.63) is 107 Å². The maximum Gasteiger partial charge on any atom is 0.430 e. The summed E-state index contributed by atoms with van der Waals surface area (Å²) in [6.07, 6.45) is 4.47. The summed E-state index contributed by atoms with van der Waals surface area (Å²) in [5.41, 5.74) is 8.52. The number of carboxylic acid groups (broad SMARTS) is 2. The van der Waals surface area contributed by atoms with Crippen LogP contribution < -0.4 is 32.1 Å². The Balaban J connectivity index is 0.00000153. The summed E-state index contributed by atoms with van der Waals surface area (Å²) in [5, 5.41) is 51.2. The van der Waals surface area contributed by atoms with Crippen LogP contribution in [0.5, 0.6) is 11.5 Å². The third-order valence-corrected chi connectivity index (χ3v) is 12.2. The number of amides is 5. The third kappa shape index (κ3) is 17.7. The van der Waals surface area contributed by atoms with Crippen molar-refractivity contribution in [2.24, 2.45) is 0 Å². The predicted octanol–water partition coefficient (Wildman–Crippen LogP) is 4.48. The summed E-state index contributed by atoms with van der Waals surface area (Å²) >= 11 is 0. The van der Waals surface area contributed by atoms with E-state index in [1.165, 1.54) is 94.5 Å². The molecule has 17 nitrogen and oxygen atoms in total. The number of unbranched alkanes of at least 4 members (excludes halogenated alkanes) is 6. The van der Waals surface area contributed by atoms with E-state index in [2.05, 4.69) is 58.2 Å². The van der Waals surface area contributed by atoms with Crippen LogP contribution in [0.25, 0.3) is 22.3 Å². The van der Waals surface area contributed by atoms with Gasteiger partial charge in [-0.1, -0.05) is 87.6 Å². The molecule has 10 N–H and O–H groups in total. The lowest BCUT2D eigenvalue weighted by atomic mass is 9.93. The van der Waals surface area contributed by atoms with Crippen LogP contribution in [0.1, 0.15) is 111 Å². The molecular formula is C53H65F3N6O11. The summed E-state index contributed by atoms with van der Waals surface area (Å²) in [7, 11) is 1.38. The summed E-state index contributed by atoms with van der Waals surface area (Å²) in [4.78, 5) is 90.5. The number of phenols is 2. The number of carbonyl (C=O) groups excluding carboxylic acids is 6. The van der Waals surface area contributed by atoms with Gasteiger partial charge in [0.15, 0.2) is 0 Å². The lowest BCUT2D eigenvalue weighted by molar-refractivity contribution is -0.368. The SMILES string of the molecule is CCCCCCCCc1ccc(-c2ccc(C(=O)NCCC(=O)N[C@@H](CCCC[NH3+])C(=O)N(C)[C@@H]3C(=O)N[C@@H](C)C(=O)N[C@H](C(=O)O)Cc4ccc(O)c(c4)-c4cc3ccc4O)cc2)cc1.O=C([O-])C(F)(F)F. The second-order valence-electron chi connectivity index (χ2n) is 17.9. The first kappa shape index (κ1) is 58.1. The highest BCUT2D eigenvalue weighted by atomic mass is 19.4. The number of aryl methyl sites for hydroxylation is 1. The molecule has 1 aliphatic heterocycles. The minimum absolute atomic E-state index is 0.0137. The lowest BCUT2D eigenvalue weighted by Gasteiger charge is -2.32. The van der Waals surface area contributed by atoms with Crippen LogP contribution >= 0.6 is 0 Å². The number of hydrogen-bond acceptors (Lipinski definition) is 10. The molecule has 4 bridgehead atoms. The number of carbonyl (C=O) groups is 7. The van der Waals surface area contributed by atoms with Gasteiger partial charge in [0.05, 0.1) is 6.54 Å². The topological polar surface area (TPSA) is 282 Å². The first-order valence-electron chi connectivity index (χ1n) is 24.2. The van der Waals surface area contributed by atoms with Crippen LogP contribution in [-0.2, 0) is 41.6 Å². The number of alkyl halides is 3. The first-order chi connectivity index (χ1) is 34.6. The van der Waals surface area contributed by atoms with Crippen molar-refractivity contribution in [2.45, 2.75) is 121 Å². The Morgan fingerprint density at radius 3 is 2.00 bits per heavy atom.